The van der Waals surface area contributed by atoms with Crippen LogP contribution in [0.2, 0.25) is 0 Å². The maximum Gasteiger partial charge on any atom is 0.296 e. The van der Waals surface area contributed by atoms with E-state index >= 15 is 0 Å². The van der Waals surface area contributed by atoms with Crippen molar-refractivity contribution in [1.29, 1.82) is 0 Å². The third kappa shape index (κ3) is 0.452. The molecule has 2 rings (SSSR count). The summed E-state index contributed by atoms with van der Waals surface area (Å²) in [4.78, 5) is 24.2. The Balaban J connectivity index is 2.63. The van der Waals surface area contributed by atoms with Gasteiger partial charge in [0.05, 0.1) is 11.3 Å². The summed E-state index contributed by atoms with van der Waals surface area (Å²) in [6, 6.07) is 0. The Bertz CT molecular complexity index is 313. The summed E-state index contributed by atoms with van der Waals surface area (Å²) in [5.74, 6) is -1.00. The molecule has 10 heavy (non-hydrogen) atoms. The molecule has 1 amide bonds. The van der Waals surface area contributed by atoms with Gasteiger partial charge in [0, 0.05) is 12.4 Å². The molecule has 0 unspecified atom stereocenters. The normalized spacial score (nSPS) is 15.2. The molecule has 1 aliphatic rings. The zero-order valence-electron chi connectivity index (χ0n) is 4.97. The number of ketones is 1. The van der Waals surface area contributed by atoms with Crippen molar-refractivity contribution in [2.75, 3.05) is 5.32 Å². The molecule has 0 radical (unpaired) electrons. The van der Waals surface area contributed by atoms with Crippen LogP contribution >= 0.6 is 0 Å². The van der Waals surface area contributed by atoms with Gasteiger partial charge in [-0.05, 0) is 0 Å². The van der Waals surface area contributed by atoms with Crippen LogP contribution in [0.3, 0.4) is 0 Å². The lowest BCUT2D eigenvalue weighted by atomic mass is 10.2. The highest BCUT2D eigenvalue weighted by Crippen LogP contribution is 2.20. The zero-order chi connectivity index (χ0) is 7.14. The van der Waals surface area contributed by atoms with Crippen molar-refractivity contribution in [3.8, 4) is 0 Å². The van der Waals surface area contributed by atoms with Crippen LogP contribution in [0.5, 0.6) is 0 Å². The van der Waals surface area contributed by atoms with Crippen LogP contribution < -0.4 is 5.32 Å². The fourth-order valence-corrected chi connectivity index (χ4v) is 0.957. The number of carbonyl (C=O) groups excluding carboxylic acids is 2. The maximum atomic E-state index is 10.8. The molecule has 0 aromatic carbocycles. The monoisotopic (exact) mass is 136 g/mol. The molecule has 1 aromatic rings. The smallest absolute Gasteiger partial charge is 0.296 e. The van der Waals surface area contributed by atoms with Gasteiger partial charge < -0.3 is 10.3 Å². The van der Waals surface area contributed by atoms with Gasteiger partial charge in [-0.3, -0.25) is 9.59 Å². The molecule has 2 heterocycles. The number of carbonyl (C=O) groups is 2. The molecule has 0 spiro atoms. The third-order valence-electron chi connectivity index (χ3n) is 1.44. The molecule has 4 nitrogen and oxygen atoms in total. The number of amides is 1. The van der Waals surface area contributed by atoms with E-state index in [1.807, 2.05) is 0 Å². The molecule has 0 saturated carbocycles. The number of aromatic nitrogens is 1. The molecular weight excluding hydrogens is 132 g/mol. The molecule has 1 aliphatic heterocycles. The first kappa shape index (κ1) is 5.22. The summed E-state index contributed by atoms with van der Waals surface area (Å²) in [7, 11) is 0. The number of H-pyrrole nitrogens is 1. The number of fused-ring (bicyclic) bond motifs is 1. The van der Waals surface area contributed by atoms with Gasteiger partial charge in [0.25, 0.3) is 11.7 Å². The molecular formula is C6H4N2O2. The second-order valence-corrected chi connectivity index (χ2v) is 2.07. The van der Waals surface area contributed by atoms with E-state index in [4.69, 9.17) is 0 Å². The predicted octanol–water partition coefficient (Wildman–Crippen LogP) is 0.150. The second kappa shape index (κ2) is 1.47. The standard InChI is InChI=1S/C6H4N2O2/c9-5-3-1-7-2-4(3)8-6(5)10/h1-2,7H,(H,8,10). The molecule has 0 aliphatic carbocycles. The van der Waals surface area contributed by atoms with Crippen molar-refractivity contribution in [1.82, 2.24) is 4.98 Å². The van der Waals surface area contributed by atoms with E-state index in [9.17, 15) is 9.59 Å². The lowest BCUT2D eigenvalue weighted by Gasteiger charge is -1.84. The topological polar surface area (TPSA) is 62.0 Å². The number of aromatic amines is 1. The van der Waals surface area contributed by atoms with Crippen LogP contribution in [0.15, 0.2) is 12.4 Å². The van der Waals surface area contributed by atoms with E-state index in [0.29, 0.717) is 11.3 Å². The van der Waals surface area contributed by atoms with E-state index in [0.717, 1.165) is 0 Å². The summed E-state index contributed by atoms with van der Waals surface area (Å²) in [6.07, 6.45) is 3.09. The van der Waals surface area contributed by atoms with Crippen LogP contribution in [0, 0.1) is 0 Å². The van der Waals surface area contributed by atoms with Crippen molar-refractivity contribution in [3.05, 3.63) is 18.0 Å². The molecule has 0 atom stereocenters. The molecule has 0 bridgehead atoms. The van der Waals surface area contributed by atoms with Crippen molar-refractivity contribution >= 4 is 17.4 Å². The lowest BCUT2D eigenvalue weighted by molar-refractivity contribution is -0.112. The zero-order valence-corrected chi connectivity index (χ0v) is 4.97. The number of hydrogen-bond donors (Lipinski definition) is 2. The third-order valence-corrected chi connectivity index (χ3v) is 1.44. The maximum absolute atomic E-state index is 10.8. The minimum absolute atomic E-state index is 0.435. The van der Waals surface area contributed by atoms with Crippen molar-refractivity contribution < 1.29 is 9.59 Å². The number of nitrogens with one attached hydrogen (secondary N) is 2. The van der Waals surface area contributed by atoms with E-state index in [1.165, 1.54) is 6.20 Å². The first-order valence-electron chi connectivity index (χ1n) is 2.81. The minimum Gasteiger partial charge on any atom is -0.365 e. The van der Waals surface area contributed by atoms with Crippen LogP contribution in [-0.2, 0) is 4.79 Å². The Hall–Kier alpha value is -1.58. The summed E-state index contributed by atoms with van der Waals surface area (Å²) in [5.41, 5.74) is 1.01. The van der Waals surface area contributed by atoms with Gasteiger partial charge in [-0.15, -0.1) is 0 Å². The van der Waals surface area contributed by atoms with Crippen molar-refractivity contribution in [2.24, 2.45) is 0 Å². The summed E-state index contributed by atoms with van der Waals surface area (Å²) in [6.45, 7) is 0. The van der Waals surface area contributed by atoms with E-state index < -0.39 is 11.7 Å². The first-order valence-corrected chi connectivity index (χ1v) is 2.81. The SMILES string of the molecule is O=C1Nc2c[nH]cc2C1=O. The summed E-state index contributed by atoms with van der Waals surface area (Å²) < 4.78 is 0. The minimum atomic E-state index is -0.543. The quantitative estimate of drug-likeness (QED) is 0.498. The average molecular weight is 136 g/mol. The fourth-order valence-electron chi connectivity index (χ4n) is 0.957. The Morgan fingerprint density at radius 2 is 2.00 bits per heavy atom. The van der Waals surface area contributed by atoms with Crippen molar-refractivity contribution in [2.45, 2.75) is 0 Å². The Morgan fingerprint density at radius 1 is 1.20 bits per heavy atom. The van der Waals surface area contributed by atoms with E-state index in [1.54, 1.807) is 6.20 Å². The van der Waals surface area contributed by atoms with E-state index in [2.05, 4.69) is 10.3 Å². The average Bonchev–Trinajstić information content (AvgIpc) is 2.41. The second-order valence-electron chi connectivity index (χ2n) is 2.07. The summed E-state index contributed by atoms with van der Waals surface area (Å²) in [5, 5.41) is 2.41. The predicted molar refractivity (Wildman–Crippen MR) is 33.8 cm³/mol. The van der Waals surface area contributed by atoms with Gasteiger partial charge in [-0.2, -0.15) is 0 Å². The van der Waals surface area contributed by atoms with Crippen LogP contribution in [0.4, 0.5) is 5.69 Å². The molecule has 4 heteroatoms. The van der Waals surface area contributed by atoms with Crippen LogP contribution in [0.1, 0.15) is 10.4 Å². The molecule has 1 aromatic heterocycles. The van der Waals surface area contributed by atoms with Crippen LogP contribution in [-0.4, -0.2) is 16.7 Å². The van der Waals surface area contributed by atoms with E-state index in [-0.39, 0.29) is 0 Å². The van der Waals surface area contributed by atoms with Gasteiger partial charge in [0.2, 0.25) is 0 Å². The van der Waals surface area contributed by atoms with Gasteiger partial charge in [-0.25, -0.2) is 0 Å². The summed E-state index contributed by atoms with van der Waals surface area (Å²) >= 11 is 0. The molecule has 50 valence electrons. The number of rotatable bonds is 0. The van der Waals surface area contributed by atoms with Gasteiger partial charge in [0.1, 0.15) is 0 Å². The Kier molecular flexibility index (Phi) is 0.768. The van der Waals surface area contributed by atoms with Gasteiger partial charge >= 0.3 is 0 Å². The number of hydrogen-bond acceptors (Lipinski definition) is 2. The highest BCUT2D eigenvalue weighted by Gasteiger charge is 2.27. The van der Waals surface area contributed by atoms with Crippen molar-refractivity contribution in [3.63, 3.8) is 0 Å². The van der Waals surface area contributed by atoms with Crippen LogP contribution in [0.25, 0.3) is 0 Å². The first-order chi connectivity index (χ1) is 4.79. The largest absolute Gasteiger partial charge is 0.365 e. The molecule has 0 saturated heterocycles. The lowest BCUT2D eigenvalue weighted by Crippen LogP contribution is -2.12. The van der Waals surface area contributed by atoms with Gasteiger partial charge in [0.15, 0.2) is 0 Å². The molecule has 2 N–H and O–H groups in total. The highest BCUT2D eigenvalue weighted by molar-refractivity contribution is 6.51. The van der Waals surface area contributed by atoms with Gasteiger partial charge in [-0.1, -0.05) is 0 Å². The highest BCUT2D eigenvalue weighted by atomic mass is 16.2. The fraction of sp³-hybridized carbons (Fsp3) is 0. The number of Topliss-reactive ketones (excluding diaryl/α,β-unsaturated/α-hetero) is 1. The Labute approximate surface area is 56.2 Å². The molecule has 0 fully saturated rings. The Morgan fingerprint density at radius 3 is 2.70 bits per heavy atom. The number of anilines is 1.